The van der Waals surface area contributed by atoms with Gasteiger partial charge in [0.1, 0.15) is 0 Å². The molecule has 2 heterocycles. The Labute approximate surface area is 140 Å². The Morgan fingerprint density at radius 1 is 1.25 bits per heavy atom. The number of rotatable bonds is 5. The lowest BCUT2D eigenvalue weighted by molar-refractivity contribution is 0.0388. The number of anilines is 1. The second kappa shape index (κ2) is 7.89. The fourth-order valence-electron chi connectivity index (χ4n) is 2.45. The van der Waals surface area contributed by atoms with E-state index in [2.05, 4.69) is 25.7 Å². The largest absolute Gasteiger partial charge is 0.379 e. The molecule has 2 N–H and O–H groups in total. The normalized spacial score (nSPS) is 15.2. The molecule has 0 radical (unpaired) electrons. The first-order valence-electron chi connectivity index (χ1n) is 7.96. The molecule has 0 aliphatic carbocycles. The summed E-state index contributed by atoms with van der Waals surface area (Å²) in [7, 11) is 0. The van der Waals surface area contributed by atoms with Gasteiger partial charge in [0.2, 0.25) is 11.7 Å². The summed E-state index contributed by atoms with van der Waals surface area (Å²) >= 11 is 0. The van der Waals surface area contributed by atoms with Crippen LogP contribution in [0, 0.1) is 6.92 Å². The Morgan fingerprint density at radius 3 is 2.67 bits per heavy atom. The van der Waals surface area contributed by atoms with Gasteiger partial charge in [-0.15, -0.1) is 0 Å². The van der Waals surface area contributed by atoms with Crippen molar-refractivity contribution >= 4 is 11.7 Å². The first-order valence-corrected chi connectivity index (χ1v) is 7.96. The first-order chi connectivity index (χ1) is 11.7. The first kappa shape index (κ1) is 16.4. The van der Waals surface area contributed by atoms with Gasteiger partial charge in [-0.25, -0.2) is 4.79 Å². The van der Waals surface area contributed by atoms with Gasteiger partial charge in [0.25, 0.3) is 0 Å². The van der Waals surface area contributed by atoms with Crippen LogP contribution in [0.4, 0.5) is 10.5 Å². The predicted octanol–water partition coefficient (Wildman–Crippen LogP) is 1.50. The Balaban J connectivity index is 1.44. The molecule has 3 rings (SSSR count). The molecule has 1 aliphatic rings. The molecular formula is C16H21N5O3. The zero-order chi connectivity index (χ0) is 16.8. The maximum absolute atomic E-state index is 11.9. The average Bonchev–Trinajstić information content (AvgIpc) is 3.03. The molecule has 0 spiro atoms. The third-order valence-electron chi connectivity index (χ3n) is 3.75. The molecule has 1 aromatic heterocycles. The second-order valence-corrected chi connectivity index (χ2v) is 5.55. The van der Waals surface area contributed by atoms with Gasteiger partial charge in [0.05, 0.1) is 13.2 Å². The lowest BCUT2D eigenvalue weighted by Gasteiger charge is -2.26. The van der Waals surface area contributed by atoms with E-state index in [4.69, 9.17) is 9.26 Å². The van der Waals surface area contributed by atoms with Crippen LogP contribution in [0.1, 0.15) is 5.89 Å². The minimum Gasteiger partial charge on any atom is -0.379 e. The number of hydrogen-bond acceptors (Lipinski definition) is 6. The number of urea groups is 1. The van der Waals surface area contributed by atoms with Crippen molar-refractivity contribution in [2.75, 3.05) is 44.7 Å². The van der Waals surface area contributed by atoms with E-state index >= 15 is 0 Å². The van der Waals surface area contributed by atoms with E-state index in [9.17, 15) is 4.79 Å². The van der Waals surface area contributed by atoms with E-state index in [1.54, 1.807) is 6.92 Å². The van der Waals surface area contributed by atoms with Crippen LogP contribution in [0.3, 0.4) is 0 Å². The molecule has 2 amide bonds. The molecule has 0 unspecified atom stereocenters. The maximum atomic E-state index is 11.9. The molecule has 0 atom stereocenters. The van der Waals surface area contributed by atoms with Crippen LogP contribution in [0.5, 0.6) is 0 Å². The van der Waals surface area contributed by atoms with E-state index < -0.39 is 0 Å². The van der Waals surface area contributed by atoms with Crippen LogP contribution in [-0.4, -0.2) is 60.5 Å². The van der Waals surface area contributed by atoms with Crippen molar-refractivity contribution in [2.45, 2.75) is 6.92 Å². The molecular weight excluding hydrogens is 310 g/mol. The SMILES string of the molecule is Cc1nc(-c2ccc(NC(=O)NCCN3CCOCC3)cc2)no1. The molecule has 8 heteroatoms. The monoisotopic (exact) mass is 331 g/mol. The maximum Gasteiger partial charge on any atom is 0.319 e. The molecule has 1 fully saturated rings. The third-order valence-corrected chi connectivity index (χ3v) is 3.75. The Kier molecular flexibility index (Phi) is 5.39. The van der Waals surface area contributed by atoms with Crippen molar-refractivity contribution < 1.29 is 14.1 Å². The van der Waals surface area contributed by atoms with Gasteiger partial charge < -0.3 is 19.9 Å². The molecule has 1 saturated heterocycles. The smallest absolute Gasteiger partial charge is 0.319 e. The molecule has 2 aromatic rings. The Morgan fingerprint density at radius 2 is 2.00 bits per heavy atom. The summed E-state index contributed by atoms with van der Waals surface area (Å²) in [6, 6.07) is 7.08. The molecule has 128 valence electrons. The predicted molar refractivity (Wildman–Crippen MR) is 88.8 cm³/mol. The Hall–Kier alpha value is -2.45. The molecule has 1 aromatic carbocycles. The van der Waals surface area contributed by atoms with Gasteiger partial charge in [-0.05, 0) is 24.3 Å². The van der Waals surface area contributed by atoms with Crippen molar-refractivity contribution in [2.24, 2.45) is 0 Å². The lowest BCUT2D eigenvalue weighted by atomic mass is 10.2. The van der Waals surface area contributed by atoms with Crippen molar-refractivity contribution in [1.29, 1.82) is 0 Å². The number of nitrogens with zero attached hydrogens (tertiary/aromatic N) is 3. The summed E-state index contributed by atoms with van der Waals surface area (Å²) in [6.07, 6.45) is 0. The molecule has 0 bridgehead atoms. The summed E-state index contributed by atoms with van der Waals surface area (Å²) in [5.74, 6) is 1.06. The number of carbonyl (C=O) groups is 1. The van der Waals surface area contributed by atoms with E-state index in [0.717, 1.165) is 38.4 Å². The molecule has 1 aliphatic heterocycles. The summed E-state index contributed by atoms with van der Waals surface area (Å²) in [5.41, 5.74) is 1.55. The summed E-state index contributed by atoms with van der Waals surface area (Å²) in [6.45, 7) is 6.53. The zero-order valence-corrected chi connectivity index (χ0v) is 13.6. The number of carbonyl (C=O) groups excluding carboxylic acids is 1. The van der Waals surface area contributed by atoms with Crippen molar-refractivity contribution in [3.8, 4) is 11.4 Å². The average molecular weight is 331 g/mol. The number of ether oxygens (including phenoxy) is 1. The third kappa shape index (κ3) is 4.53. The van der Waals surface area contributed by atoms with Gasteiger partial charge >= 0.3 is 6.03 Å². The van der Waals surface area contributed by atoms with Crippen LogP contribution in [-0.2, 0) is 4.74 Å². The van der Waals surface area contributed by atoms with Gasteiger partial charge in [-0.2, -0.15) is 4.98 Å². The highest BCUT2D eigenvalue weighted by atomic mass is 16.5. The van der Waals surface area contributed by atoms with Gasteiger partial charge in [-0.3, -0.25) is 4.90 Å². The van der Waals surface area contributed by atoms with Crippen molar-refractivity contribution in [1.82, 2.24) is 20.4 Å². The zero-order valence-electron chi connectivity index (χ0n) is 13.6. The summed E-state index contributed by atoms with van der Waals surface area (Å²) in [5, 5.41) is 9.52. The number of nitrogens with one attached hydrogen (secondary N) is 2. The number of aryl methyl sites for hydroxylation is 1. The van der Waals surface area contributed by atoms with Crippen LogP contribution < -0.4 is 10.6 Å². The standard InChI is InChI=1S/C16H21N5O3/c1-12-18-15(20-24-12)13-2-4-14(5-3-13)19-16(22)17-6-7-21-8-10-23-11-9-21/h2-5H,6-11H2,1H3,(H2,17,19,22). The number of hydrogen-bond donors (Lipinski definition) is 2. The van der Waals surface area contributed by atoms with Crippen LogP contribution in [0.2, 0.25) is 0 Å². The molecule has 24 heavy (non-hydrogen) atoms. The summed E-state index contributed by atoms with van der Waals surface area (Å²) in [4.78, 5) is 18.3. The number of morpholine rings is 1. The van der Waals surface area contributed by atoms with E-state index in [1.165, 1.54) is 0 Å². The highest BCUT2D eigenvalue weighted by Gasteiger charge is 2.10. The van der Waals surface area contributed by atoms with Crippen molar-refractivity contribution in [3.63, 3.8) is 0 Å². The van der Waals surface area contributed by atoms with E-state index in [-0.39, 0.29) is 6.03 Å². The van der Waals surface area contributed by atoms with Gasteiger partial charge in [-0.1, -0.05) is 5.16 Å². The number of benzene rings is 1. The minimum absolute atomic E-state index is 0.216. The fourth-order valence-corrected chi connectivity index (χ4v) is 2.45. The topological polar surface area (TPSA) is 92.5 Å². The van der Waals surface area contributed by atoms with Gasteiger partial charge in [0.15, 0.2) is 0 Å². The minimum atomic E-state index is -0.216. The summed E-state index contributed by atoms with van der Waals surface area (Å²) < 4.78 is 10.2. The van der Waals surface area contributed by atoms with E-state index in [0.29, 0.717) is 23.9 Å². The highest BCUT2D eigenvalue weighted by Crippen LogP contribution is 2.18. The van der Waals surface area contributed by atoms with E-state index in [1.807, 2.05) is 24.3 Å². The van der Waals surface area contributed by atoms with Crippen LogP contribution in [0.15, 0.2) is 28.8 Å². The fraction of sp³-hybridized carbons (Fsp3) is 0.438. The number of amides is 2. The Bertz CT molecular complexity index is 665. The lowest BCUT2D eigenvalue weighted by Crippen LogP contribution is -2.42. The van der Waals surface area contributed by atoms with Crippen molar-refractivity contribution in [3.05, 3.63) is 30.2 Å². The van der Waals surface area contributed by atoms with Crippen LogP contribution in [0.25, 0.3) is 11.4 Å². The molecule has 8 nitrogen and oxygen atoms in total. The molecule has 0 saturated carbocycles. The number of aromatic nitrogens is 2. The second-order valence-electron chi connectivity index (χ2n) is 5.55. The highest BCUT2D eigenvalue weighted by molar-refractivity contribution is 5.89. The van der Waals surface area contributed by atoms with Gasteiger partial charge in [0, 0.05) is 44.4 Å². The van der Waals surface area contributed by atoms with Crippen LogP contribution >= 0.6 is 0 Å². The quantitative estimate of drug-likeness (QED) is 0.862.